The summed E-state index contributed by atoms with van der Waals surface area (Å²) in [5.41, 5.74) is 0.749. The summed E-state index contributed by atoms with van der Waals surface area (Å²) in [4.78, 5) is 22.5. The van der Waals surface area contributed by atoms with Crippen LogP contribution in [-0.4, -0.2) is 29.7 Å². The van der Waals surface area contributed by atoms with Gasteiger partial charge >= 0.3 is 5.69 Å². The Morgan fingerprint density at radius 1 is 1.32 bits per heavy atom. The maximum Gasteiger partial charge on any atom is 0.311 e. The van der Waals surface area contributed by atoms with Crippen LogP contribution in [0.5, 0.6) is 5.75 Å². The Kier molecular flexibility index (Phi) is 9.34. The van der Waals surface area contributed by atoms with Gasteiger partial charge in [-0.05, 0) is 30.9 Å². The van der Waals surface area contributed by atoms with Crippen LogP contribution in [0.2, 0.25) is 0 Å². The van der Waals surface area contributed by atoms with Gasteiger partial charge in [-0.1, -0.05) is 32.8 Å². The summed E-state index contributed by atoms with van der Waals surface area (Å²) >= 11 is 1.44. The van der Waals surface area contributed by atoms with Crippen LogP contribution in [0.3, 0.4) is 0 Å². The second kappa shape index (κ2) is 11.0. The van der Waals surface area contributed by atoms with Crippen molar-refractivity contribution >= 4 is 23.4 Å². The maximum atomic E-state index is 12.0. The molecular weight excluding hydrogens is 340 g/mol. The molecule has 6 nitrogen and oxygen atoms in total. The number of carbonyl (C=O) groups is 1. The minimum atomic E-state index is -0.460. The number of amides is 1. The molecule has 0 spiro atoms. The van der Waals surface area contributed by atoms with Crippen molar-refractivity contribution < 1.29 is 14.5 Å². The minimum Gasteiger partial charge on any atom is -0.490 e. The topological polar surface area (TPSA) is 81.5 Å². The van der Waals surface area contributed by atoms with Gasteiger partial charge in [-0.25, -0.2) is 0 Å². The molecule has 7 heteroatoms. The second-order valence-corrected chi connectivity index (χ2v) is 7.54. The first-order valence-corrected chi connectivity index (χ1v) is 9.67. The lowest BCUT2D eigenvalue weighted by atomic mass is 10.0. The highest BCUT2D eigenvalue weighted by molar-refractivity contribution is 7.99. The molecule has 1 aromatic rings. The summed E-state index contributed by atoms with van der Waals surface area (Å²) < 4.78 is 4.98. The molecule has 0 aliphatic carbocycles. The smallest absolute Gasteiger partial charge is 0.311 e. The van der Waals surface area contributed by atoms with E-state index < -0.39 is 4.92 Å². The number of hydrogen-bond acceptors (Lipinski definition) is 5. The van der Waals surface area contributed by atoms with Gasteiger partial charge in [-0.15, -0.1) is 11.8 Å². The molecule has 1 rings (SSSR count). The Labute approximate surface area is 153 Å². The number of thioether (sulfide) groups is 1. The fourth-order valence-corrected chi connectivity index (χ4v) is 3.24. The van der Waals surface area contributed by atoms with Crippen molar-refractivity contribution in [1.82, 2.24) is 5.32 Å². The van der Waals surface area contributed by atoms with E-state index in [1.54, 1.807) is 12.1 Å². The lowest BCUT2D eigenvalue weighted by Gasteiger charge is -2.14. The van der Waals surface area contributed by atoms with Gasteiger partial charge in [0.1, 0.15) is 0 Å². The quantitative estimate of drug-likeness (QED) is 0.468. The normalized spacial score (nSPS) is 12.0. The number of benzene rings is 1. The molecule has 1 N–H and O–H groups in total. The predicted octanol–water partition coefficient (Wildman–Crippen LogP) is 4.17. The molecule has 0 saturated carbocycles. The third kappa shape index (κ3) is 8.25. The first-order chi connectivity index (χ1) is 11.8. The Balaban J connectivity index is 2.38. The van der Waals surface area contributed by atoms with E-state index >= 15 is 0 Å². The molecule has 1 unspecified atom stereocenters. The molecule has 0 aliphatic heterocycles. The molecule has 1 amide bonds. The highest BCUT2D eigenvalue weighted by Crippen LogP contribution is 2.28. The fraction of sp³-hybridized carbons (Fsp3) is 0.611. The summed E-state index contributed by atoms with van der Waals surface area (Å²) in [6, 6.07) is 5.04. The van der Waals surface area contributed by atoms with Crippen LogP contribution in [-0.2, 0) is 10.5 Å². The molecular formula is C18H28N2O4S. The number of nitrogens with one attached hydrogen (secondary N) is 1. The average molecular weight is 368 g/mol. The summed E-state index contributed by atoms with van der Waals surface area (Å²) in [6.07, 6.45) is 3.27. The first-order valence-electron chi connectivity index (χ1n) is 8.51. The van der Waals surface area contributed by atoms with Crippen LogP contribution < -0.4 is 10.1 Å². The van der Waals surface area contributed by atoms with Crippen LogP contribution in [0.25, 0.3) is 0 Å². The number of hydrogen-bond donors (Lipinski definition) is 1. The van der Waals surface area contributed by atoms with Gasteiger partial charge in [0.25, 0.3) is 0 Å². The third-order valence-corrected chi connectivity index (χ3v) is 4.77. The van der Waals surface area contributed by atoms with Crippen molar-refractivity contribution in [2.75, 3.05) is 12.9 Å². The molecule has 0 aliphatic rings. The van der Waals surface area contributed by atoms with Crippen LogP contribution in [0.4, 0.5) is 5.69 Å². The van der Waals surface area contributed by atoms with E-state index in [9.17, 15) is 14.9 Å². The summed E-state index contributed by atoms with van der Waals surface area (Å²) in [6.45, 7) is 6.42. The molecule has 0 radical (unpaired) electrons. The molecule has 0 saturated heterocycles. The SMILES string of the molecule is COc1ccc(CSCC(=O)NC(C)CCCC(C)C)cc1[N+](=O)[O-]. The van der Waals surface area contributed by atoms with E-state index in [4.69, 9.17) is 4.74 Å². The lowest BCUT2D eigenvalue weighted by molar-refractivity contribution is -0.385. The van der Waals surface area contributed by atoms with E-state index in [0.717, 1.165) is 18.4 Å². The zero-order valence-electron chi connectivity index (χ0n) is 15.4. The Morgan fingerprint density at radius 3 is 2.64 bits per heavy atom. The van der Waals surface area contributed by atoms with E-state index in [1.807, 2.05) is 6.92 Å². The Morgan fingerprint density at radius 2 is 2.04 bits per heavy atom. The first kappa shape index (κ1) is 21.3. The Bertz CT molecular complexity index is 578. The molecule has 0 fully saturated rings. The standard InChI is InChI=1S/C18H28N2O4S/c1-13(2)6-5-7-14(3)19-18(21)12-25-11-15-8-9-17(24-4)16(10-15)20(22)23/h8-10,13-14H,5-7,11-12H2,1-4H3,(H,19,21). The molecule has 0 bridgehead atoms. The van der Waals surface area contributed by atoms with Gasteiger partial charge in [0.05, 0.1) is 17.8 Å². The van der Waals surface area contributed by atoms with E-state index in [1.165, 1.54) is 31.4 Å². The Hall–Kier alpha value is -1.76. The van der Waals surface area contributed by atoms with Crippen LogP contribution in [0, 0.1) is 16.0 Å². The highest BCUT2D eigenvalue weighted by atomic mass is 32.2. The van der Waals surface area contributed by atoms with E-state index in [0.29, 0.717) is 17.4 Å². The molecule has 0 aromatic heterocycles. The summed E-state index contributed by atoms with van der Waals surface area (Å²) in [5, 5.41) is 14.0. The zero-order chi connectivity index (χ0) is 18.8. The second-order valence-electron chi connectivity index (χ2n) is 6.55. The van der Waals surface area contributed by atoms with Crippen molar-refractivity contribution in [3.8, 4) is 5.75 Å². The number of rotatable bonds is 11. The minimum absolute atomic E-state index is 0.00468. The van der Waals surface area contributed by atoms with Gasteiger partial charge in [-0.3, -0.25) is 14.9 Å². The van der Waals surface area contributed by atoms with Crippen molar-refractivity contribution in [2.45, 2.75) is 51.8 Å². The predicted molar refractivity (Wildman–Crippen MR) is 102 cm³/mol. The van der Waals surface area contributed by atoms with Crippen LogP contribution >= 0.6 is 11.8 Å². The maximum absolute atomic E-state index is 12.0. The van der Waals surface area contributed by atoms with Gasteiger partial charge in [0, 0.05) is 17.9 Å². The largest absolute Gasteiger partial charge is 0.490 e. The van der Waals surface area contributed by atoms with Crippen LogP contribution in [0.1, 0.15) is 45.6 Å². The number of nitrogens with zero attached hydrogens (tertiary/aromatic N) is 1. The van der Waals surface area contributed by atoms with Crippen LogP contribution in [0.15, 0.2) is 18.2 Å². The van der Waals surface area contributed by atoms with Gasteiger partial charge in [0.2, 0.25) is 5.91 Å². The average Bonchev–Trinajstić information content (AvgIpc) is 2.54. The van der Waals surface area contributed by atoms with Crippen molar-refractivity contribution in [3.05, 3.63) is 33.9 Å². The number of nitro benzene ring substituents is 1. The zero-order valence-corrected chi connectivity index (χ0v) is 16.2. The third-order valence-electron chi connectivity index (χ3n) is 3.77. The molecule has 25 heavy (non-hydrogen) atoms. The summed E-state index contributed by atoms with van der Waals surface area (Å²) in [7, 11) is 1.41. The van der Waals surface area contributed by atoms with Gasteiger partial charge in [-0.2, -0.15) is 0 Å². The number of carbonyl (C=O) groups excluding carboxylic acids is 1. The van der Waals surface area contributed by atoms with Gasteiger partial charge < -0.3 is 10.1 Å². The van der Waals surface area contributed by atoms with E-state index in [-0.39, 0.29) is 23.4 Å². The number of methoxy groups -OCH3 is 1. The number of nitro groups is 1. The van der Waals surface area contributed by atoms with Crippen molar-refractivity contribution in [3.63, 3.8) is 0 Å². The molecule has 0 heterocycles. The van der Waals surface area contributed by atoms with Crippen molar-refractivity contribution in [2.24, 2.45) is 5.92 Å². The lowest BCUT2D eigenvalue weighted by Crippen LogP contribution is -2.33. The molecule has 1 aromatic carbocycles. The monoisotopic (exact) mass is 368 g/mol. The number of ether oxygens (including phenoxy) is 1. The molecule has 140 valence electrons. The van der Waals surface area contributed by atoms with E-state index in [2.05, 4.69) is 19.2 Å². The highest BCUT2D eigenvalue weighted by Gasteiger charge is 2.15. The van der Waals surface area contributed by atoms with Gasteiger partial charge in [0.15, 0.2) is 5.75 Å². The molecule has 1 atom stereocenters. The fourth-order valence-electron chi connectivity index (χ4n) is 2.45. The van der Waals surface area contributed by atoms with Crippen molar-refractivity contribution in [1.29, 1.82) is 0 Å². The summed E-state index contributed by atoms with van der Waals surface area (Å²) in [5.74, 6) is 1.82.